The highest BCUT2D eigenvalue weighted by atomic mass is 16.5. The van der Waals surface area contributed by atoms with Crippen molar-refractivity contribution in [1.82, 2.24) is 19.6 Å². The summed E-state index contributed by atoms with van der Waals surface area (Å²) in [5, 5.41) is 5.52. The Labute approximate surface area is 224 Å². The largest absolute Gasteiger partial charge is 0.485 e. The van der Waals surface area contributed by atoms with Crippen LogP contribution in [0.5, 0.6) is 5.75 Å². The van der Waals surface area contributed by atoms with Gasteiger partial charge in [0.05, 0.1) is 36.9 Å². The van der Waals surface area contributed by atoms with Crippen LogP contribution in [-0.4, -0.2) is 76.9 Å². The second-order valence-corrected chi connectivity index (χ2v) is 10.4. The molecule has 1 aromatic heterocycles. The van der Waals surface area contributed by atoms with Gasteiger partial charge in [-0.25, -0.2) is 0 Å². The van der Waals surface area contributed by atoms with Gasteiger partial charge in [0.1, 0.15) is 18.0 Å². The summed E-state index contributed by atoms with van der Waals surface area (Å²) in [5.41, 5.74) is 1.58. The molecule has 3 heterocycles. The topological polar surface area (TPSA) is 76.9 Å². The molecule has 0 radical (unpaired) electrons. The maximum absolute atomic E-state index is 13.3. The normalized spacial score (nSPS) is 21.7. The lowest BCUT2D eigenvalue weighted by Crippen LogP contribution is -2.34. The zero-order chi connectivity index (χ0) is 26.3. The Balaban J connectivity index is 1.29. The number of para-hydroxylation sites is 2. The molecule has 0 aliphatic carbocycles. The summed E-state index contributed by atoms with van der Waals surface area (Å²) in [6.45, 7) is 2.82. The second kappa shape index (κ2) is 12.4. The van der Waals surface area contributed by atoms with Crippen LogP contribution in [0.15, 0.2) is 54.7 Å². The fourth-order valence-electron chi connectivity index (χ4n) is 5.39. The first-order valence-corrected chi connectivity index (χ1v) is 13.9. The van der Waals surface area contributed by atoms with E-state index in [1.54, 1.807) is 4.90 Å². The van der Waals surface area contributed by atoms with Gasteiger partial charge in [-0.2, -0.15) is 5.10 Å². The number of hydrogen-bond donors (Lipinski definition) is 0. The van der Waals surface area contributed by atoms with Crippen molar-refractivity contribution >= 4 is 22.7 Å². The number of aromatic nitrogens is 2. The van der Waals surface area contributed by atoms with Gasteiger partial charge in [-0.3, -0.25) is 14.3 Å². The summed E-state index contributed by atoms with van der Waals surface area (Å²) < 4.78 is 14.6. The molecule has 2 aliphatic heterocycles. The number of fused-ring (bicyclic) bond motifs is 3. The Hall–Kier alpha value is -3.39. The Morgan fingerprint density at radius 3 is 2.58 bits per heavy atom. The molecule has 3 aromatic rings. The predicted octanol–water partition coefficient (Wildman–Crippen LogP) is 4.53. The molecule has 2 amide bonds. The van der Waals surface area contributed by atoms with Gasteiger partial charge in [0.2, 0.25) is 5.91 Å². The van der Waals surface area contributed by atoms with Crippen molar-refractivity contribution in [3.05, 3.63) is 60.3 Å². The van der Waals surface area contributed by atoms with Crippen molar-refractivity contribution in [2.75, 3.05) is 33.3 Å². The van der Waals surface area contributed by atoms with Crippen LogP contribution in [0.4, 0.5) is 0 Å². The number of benzene rings is 2. The number of aryl methyl sites for hydroxylation is 1. The molecular formula is C30H38N4O4. The first kappa shape index (κ1) is 26.2. The maximum atomic E-state index is 13.3. The monoisotopic (exact) mass is 518 g/mol. The summed E-state index contributed by atoms with van der Waals surface area (Å²) in [5.74, 6) is 0.564. The number of rotatable bonds is 3. The van der Waals surface area contributed by atoms with Gasteiger partial charge in [0.15, 0.2) is 0 Å². The van der Waals surface area contributed by atoms with Crippen LogP contribution in [0, 0.1) is 0 Å². The van der Waals surface area contributed by atoms with Crippen molar-refractivity contribution in [3.8, 4) is 5.75 Å². The molecule has 1 fully saturated rings. The molecule has 2 aliphatic rings. The fourth-order valence-corrected chi connectivity index (χ4v) is 5.39. The molecule has 0 unspecified atom stereocenters. The third-order valence-corrected chi connectivity index (χ3v) is 7.62. The minimum Gasteiger partial charge on any atom is -0.485 e. The molecule has 8 heteroatoms. The van der Waals surface area contributed by atoms with Crippen LogP contribution < -0.4 is 4.74 Å². The lowest BCUT2D eigenvalue weighted by molar-refractivity contribution is -0.131. The zero-order valence-electron chi connectivity index (χ0n) is 22.3. The summed E-state index contributed by atoms with van der Waals surface area (Å²) >= 11 is 0. The minimum absolute atomic E-state index is 0.0393. The van der Waals surface area contributed by atoms with Crippen molar-refractivity contribution in [3.63, 3.8) is 0 Å². The number of amides is 2. The Morgan fingerprint density at radius 2 is 1.68 bits per heavy atom. The Morgan fingerprint density at radius 1 is 0.947 bits per heavy atom. The van der Waals surface area contributed by atoms with Gasteiger partial charge in [0, 0.05) is 32.0 Å². The van der Waals surface area contributed by atoms with E-state index in [0.717, 1.165) is 43.1 Å². The molecule has 8 nitrogen and oxygen atoms in total. The lowest BCUT2D eigenvalue weighted by atomic mass is 10.1. The molecular weight excluding hydrogens is 480 g/mol. The van der Waals surface area contributed by atoms with E-state index in [2.05, 4.69) is 5.10 Å². The molecule has 0 spiro atoms. The minimum atomic E-state index is -0.336. The predicted molar refractivity (Wildman–Crippen MR) is 146 cm³/mol. The van der Waals surface area contributed by atoms with E-state index in [1.807, 2.05) is 71.4 Å². The van der Waals surface area contributed by atoms with Gasteiger partial charge < -0.3 is 19.3 Å². The van der Waals surface area contributed by atoms with Crippen LogP contribution in [0.25, 0.3) is 10.9 Å². The first-order valence-electron chi connectivity index (χ1n) is 13.9. The third-order valence-electron chi connectivity index (χ3n) is 7.62. The summed E-state index contributed by atoms with van der Waals surface area (Å²) in [6, 6.07) is 15.4. The van der Waals surface area contributed by atoms with Crippen molar-refractivity contribution < 1.29 is 19.1 Å². The summed E-state index contributed by atoms with van der Waals surface area (Å²) in [7, 11) is 1.85. The Kier molecular flexibility index (Phi) is 8.58. The third kappa shape index (κ3) is 6.18. The lowest BCUT2D eigenvalue weighted by Gasteiger charge is -2.24. The van der Waals surface area contributed by atoms with Gasteiger partial charge >= 0.3 is 0 Å². The van der Waals surface area contributed by atoms with Crippen molar-refractivity contribution in [2.45, 2.75) is 63.7 Å². The van der Waals surface area contributed by atoms with E-state index in [0.29, 0.717) is 44.0 Å². The van der Waals surface area contributed by atoms with E-state index in [9.17, 15) is 9.59 Å². The van der Waals surface area contributed by atoms with Crippen LogP contribution in [0.2, 0.25) is 0 Å². The molecule has 2 atom stereocenters. The standard InChI is InChI=1S/C30H38N4O4/c1-32-17-10-4-2-3-5-11-19-37-27-21-33(22-28(27)38-26-15-9-7-13-24(26)30(32)36)29(35)16-18-34-25-14-8-6-12-23(25)20-31-34/h6-9,12-15,20,27-28H,2-5,10-11,16-19,21-22H2,1H3/t27-,28-/m1/s1. The average molecular weight is 519 g/mol. The smallest absolute Gasteiger partial charge is 0.257 e. The SMILES string of the molecule is CN1CCCCCCCCO[C@@H]2CN(C(=O)CCn3ncc4ccccc43)C[C@H]2Oc2ccccc2C1=O. The molecule has 0 N–H and O–H groups in total. The van der Waals surface area contributed by atoms with Crippen molar-refractivity contribution in [2.24, 2.45) is 0 Å². The fraction of sp³-hybridized carbons (Fsp3) is 0.500. The van der Waals surface area contributed by atoms with Crippen LogP contribution in [-0.2, 0) is 16.1 Å². The average Bonchev–Trinajstić information content (AvgIpc) is 3.54. The van der Waals surface area contributed by atoms with Gasteiger partial charge in [0.25, 0.3) is 5.91 Å². The number of likely N-dealkylation sites (tertiary alicyclic amines) is 1. The zero-order valence-corrected chi connectivity index (χ0v) is 22.3. The van der Waals surface area contributed by atoms with Crippen LogP contribution in [0.1, 0.15) is 55.3 Å². The molecule has 1 saturated heterocycles. The van der Waals surface area contributed by atoms with E-state index < -0.39 is 0 Å². The molecule has 0 saturated carbocycles. The highest BCUT2D eigenvalue weighted by Crippen LogP contribution is 2.26. The summed E-state index contributed by atoms with van der Waals surface area (Å²) in [4.78, 5) is 30.1. The van der Waals surface area contributed by atoms with Crippen LogP contribution >= 0.6 is 0 Å². The number of hydrogen-bond acceptors (Lipinski definition) is 5. The first-order chi connectivity index (χ1) is 18.6. The van der Waals surface area contributed by atoms with E-state index in [-0.39, 0.29) is 24.0 Å². The highest BCUT2D eigenvalue weighted by Gasteiger charge is 2.38. The van der Waals surface area contributed by atoms with Crippen molar-refractivity contribution in [1.29, 1.82) is 0 Å². The number of carbonyl (C=O) groups is 2. The van der Waals surface area contributed by atoms with E-state index in [4.69, 9.17) is 9.47 Å². The van der Waals surface area contributed by atoms with E-state index in [1.165, 1.54) is 12.8 Å². The van der Waals surface area contributed by atoms with E-state index >= 15 is 0 Å². The summed E-state index contributed by atoms with van der Waals surface area (Å²) in [6.07, 6.45) is 8.18. The quantitative estimate of drug-likeness (QED) is 0.509. The highest BCUT2D eigenvalue weighted by molar-refractivity contribution is 5.96. The molecule has 38 heavy (non-hydrogen) atoms. The van der Waals surface area contributed by atoms with Gasteiger partial charge in [-0.1, -0.05) is 56.0 Å². The van der Waals surface area contributed by atoms with Gasteiger partial charge in [-0.05, 0) is 31.0 Å². The molecule has 2 aromatic carbocycles. The number of nitrogens with zero attached hydrogens (tertiary/aromatic N) is 4. The molecule has 0 bridgehead atoms. The van der Waals surface area contributed by atoms with Gasteiger partial charge in [-0.15, -0.1) is 0 Å². The van der Waals surface area contributed by atoms with Crippen LogP contribution in [0.3, 0.4) is 0 Å². The Bertz CT molecular complexity index is 1240. The number of ether oxygens (including phenoxy) is 2. The molecule has 5 rings (SSSR count). The number of carbonyl (C=O) groups excluding carboxylic acids is 2. The maximum Gasteiger partial charge on any atom is 0.257 e. The molecule has 202 valence electrons. The second-order valence-electron chi connectivity index (χ2n) is 10.4.